The van der Waals surface area contributed by atoms with E-state index in [0.29, 0.717) is 6.42 Å². The summed E-state index contributed by atoms with van der Waals surface area (Å²) < 4.78 is 26.0. The van der Waals surface area contributed by atoms with Crippen LogP contribution in [0.1, 0.15) is 13.3 Å². The number of esters is 2. The van der Waals surface area contributed by atoms with Gasteiger partial charge in [-0.05, 0) is 18.6 Å². The second-order valence-electron chi connectivity index (χ2n) is 5.83. The second kappa shape index (κ2) is 7.07. The number of rotatable bonds is 6. The topological polar surface area (TPSA) is 97.4 Å². The van der Waals surface area contributed by atoms with Crippen molar-refractivity contribution in [3.8, 4) is 0 Å². The van der Waals surface area contributed by atoms with Crippen molar-refractivity contribution in [1.82, 2.24) is 0 Å². The van der Waals surface area contributed by atoms with Gasteiger partial charge >= 0.3 is 11.9 Å². The van der Waals surface area contributed by atoms with E-state index in [9.17, 15) is 14.4 Å². The minimum atomic E-state index is -1.65. The highest BCUT2D eigenvalue weighted by Crippen LogP contribution is 2.53. The van der Waals surface area contributed by atoms with Crippen molar-refractivity contribution in [2.45, 2.75) is 24.7 Å². The van der Waals surface area contributed by atoms with Crippen LogP contribution in [0, 0.1) is 11.8 Å². The van der Waals surface area contributed by atoms with Gasteiger partial charge in [0.05, 0.1) is 19.3 Å². The third kappa shape index (κ3) is 2.80. The first-order chi connectivity index (χ1) is 11.8. The lowest BCUT2D eigenvalue weighted by atomic mass is 9.58. The molecule has 0 saturated heterocycles. The lowest BCUT2D eigenvalue weighted by Gasteiger charge is -2.54. The molecule has 0 heterocycles. The Morgan fingerprint density at radius 2 is 1.80 bits per heavy atom. The van der Waals surface area contributed by atoms with Gasteiger partial charge < -0.3 is 23.7 Å². The van der Waals surface area contributed by atoms with E-state index in [1.54, 1.807) is 6.08 Å². The molecule has 25 heavy (non-hydrogen) atoms. The Hall–Kier alpha value is -2.03. The number of ketones is 1. The molecule has 0 N–H and O–H groups in total. The van der Waals surface area contributed by atoms with Gasteiger partial charge in [-0.1, -0.05) is 0 Å². The van der Waals surface area contributed by atoms with Gasteiger partial charge in [-0.25, -0.2) is 4.79 Å². The van der Waals surface area contributed by atoms with Crippen LogP contribution in [-0.2, 0) is 38.1 Å². The molecule has 3 atom stereocenters. The summed E-state index contributed by atoms with van der Waals surface area (Å²) >= 11 is 0. The molecule has 0 radical (unpaired) electrons. The predicted octanol–water partition coefficient (Wildman–Crippen LogP) is 0.756. The molecule has 0 spiro atoms. The molecular weight excluding hydrogens is 332 g/mol. The molecule has 1 fully saturated rings. The average molecular weight is 354 g/mol. The van der Waals surface area contributed by atoms with Gasteiger partial charge in [0.15, 0.2) is 5.60 Å². The van der Waals surface area contributed by atoms with Crippen molar-refractivity contribution in [1.29, 1.82) is 0 Å². The zero-order valence-corrected chi connectivity index (χ0v) is 14.9. The van der Waals surface area contributed by atoms with Crippen molar-refractivity contribution in [3.63, 3.8) is 0 Å². The predicted molar refractivity (Wildman–Crippen MR) is 84.1 cm³/mol. The summed E-state index contributed by atoms with van der Waals surface area (Å²) in [6, 6.07) is 0. The molecule has 0 aromatic heterocycles. The average Bonchev–Trinajstić information content (AvgIpc) is 2.62. The summed E-state index contributed by atoms with van der Waals surface area (Å²) in [5, 5.41) is 0. The highest BCUT2D eigenvalue weighted by atomic mass is 16.7. The second-order valence-corrected chi connectivity index (χ2v) is 5.83. The maximum absolute atomic E-state index is 13.2. The molecule has 0 aromatic carbocycles. The number of carbonyl (C=O) groups is 3. The van der Waals surface area contributed by atoms with E-state index < -0.39 is 40.9 Å². The van der Waals surface area contributed by atoms with Crippen LogP contribution in [0.4, 0.5) is 0 Å². The number of ether oxygens (including phenoxy) is 5. The van der Waals surface area contributed by atoms with Crippen LogP contribution in [0.3, 0.4) is 0 Å². The Morgan fingerprint density at radius 1 is 1.16 bits per heavy atom. The van der Waals surface area contributed by atoms with Gasteiger partial charge in [-0.2, -0.15) is 0 Å². The number of hydrogen-bond acceptors (Lipinski definition) is 8. The number of fused-ring (bicyclic) bond motifs is 2. The molecule has 3 aliphatic carbocycles. The van der Waals surface area contributed by atoms with Crippen LogP contribution >= 0.6 is 0 Å². The molecule has 0 aromatic rings. The normalized spacial score (nSPS) is 30.3. The lowest BCUT2D eigenvalue weighted by Crippen LogP contribution is -2.69. The number of hydrogen-bond donors (Lipinski definition) is 0. The maximum Gasteiger partial charge on any atom is 0.334 e. The van der Waals surface area contributed by atoms with Crippen molar-refractivity contribution in [2.24, 2.45) is 11.8 Å². The standard InChI is InChI=1S/C17H22O8/c1-10(18)25-7-6-11-8-13-12(14(19)21-2)9-16(11,22-3)15(20)17(13,23-4)24-5/h6-7,9,11,13H,8H2,1-5H3/b7-6+/t11-,13-,16+/m0/s1. The molecule has 3 aliphatic rings. The van der Waals surface area contributed by atoms with Crippen LogP contribution in [0.5, 0.6) is 0 Å². The van der Waals surface area contributed by atoms with Crippen LogP contribution in [-0.4, -0.2) is 57.5 Å². The van der Waals surface area contributed by atoms with Gasteiger partial charge in [-0.15, -0.1) is 0 Å². The van der Waals surface area contributed by atoms with Crippen LogP contribution in [0.15, 0.2) is 24.0 Å². The number of Topliss-reactive ketones (excluding diaryl/α,β-unsaturated/α-hetero) is 1. The largest absolute Gasteiger partial charge is 0.466 e. The fourth-order valence-electron chi connectivity index (χ4n) is 3.65. The molecule has 3 rings (SSSR count). The fraction of sp³-hybridized carbons (Fsp3) is 0.588. The molecule has 0 amide bonds. The van der Waals surface area contributed by atoms with Crippen molar-refractivity contribution >= 4 is 17.7 Å². The monoisotopic (exact) mass is 354 g/mol. The summed E-state index contributed by atoms with van der Waals surface area (Å²) in [5.74, 6) is -4.34. The Bertz CT molecular complexity index is 631. The summed E-state index contributed by atoms with van der Waals surface area (Å²) in [6.45, 7) is 1.27. The van der Waals surface area contributed by atoms with E-state index >= 15 is 0 Å². The minimum Gasteiger partial charge on any atom is -0.466 e. The SMILES string of the molecule is COC(=O)C1=C[C@]2(OC)C(=O)C(OC)(OC)[C@H]1C[C@@H]2/C=C/OC(C)=O. The molecule has 0 unspecified atom stereocenters. The Balaban J connectivity index is 2.57. The van der Waals surface area contributed by atoms with Crippen LogP contribution in [0.25, 0.3) is 0 Å². The van der Waals surface area contributed by atoms with Crippen molar-refractivity contribution < 1.29 is 38.1 Å². The van der Waals surface area contributed by atoms with E-state index in [2.05, 4.69) is 0 Å². The van der Waals surface area contributed by atoms with Gasteiger partial charge in [-0.3, -0.25) is 9.59 Å². The van der Waals surface area contributed by atoms with Gasteiger partial charge in [0.2, 0.25) is 11.6 Å². The van der Waals surface area contributed by atoms with Crippen molar-refractivity contribution in [2.75, 3.05) is 28.4 Å². The quantitative estimate of drug-likeness (QED) is 0.392. The Kier molecular flexibility index (Phi) is 5.46. The summed E-state index contributed by atoms with van der Waals surface area (Å²) in [5.41, 5.74) is -1.24. The Labute approximate surface area is 145 Å². The van der Waals surface area contributed by atoms with Crippen molar-refractivity contribution in [3.05, 3.63) is 24.0 Å². The maximum atomic E-state index is 13.2. The third-order valence-corrected chi connectivity index (χ3v) is 4.83. The molecule has 1 saturated carbocycles. The molecule has 2 bridgehead atoms. The van der Waals surface area contributed by atoms with Gasteiger partial charge in [0, 0.05) is 39.7 Å². The Morgan fingerprint density at radius 3 is 2.28 bits per heavy atom. The molecular formula is C17H22O8. The molecule has 0 aliphatic heterocycles. The first-order valence-corrected chi connectivity index (χ1v) is 7.68. The zero-order valence-electron chi connectivity index (χ0n) is 14.9. The molecule has 8 heteroatoms. The number of methoxy groups -OCH3 is 4. The zero-order chi connectivity index (χ0) is 18.8. The first kappa shape index (κ1) is 19.3. The highest BCUT2D eigenvalue weighted by molar-refractivity contribution is 6.04. The van der Waals surface area contributed by atoms with E-state index in [4.69, 9.17) is 23.7 Å². The van der Waals surface area contributed by atoms with Gasteiger partial charge in [0.25, 0.3) is 0 Å². The summed E-state index contributed by atoms with van der Waals surface area (Å²) in [4.78, 5) is 36.3. The van der Waals surface area contributed by atoms with Gasteiger partial charge in [0.1, 0.15) is 0 Å². The highest BCUT2D eigenvalue weighted by Gasteiger charge is 2.68. The number of carbonyl (C=O) groups excluding carboxylic acids is 3. The van der Waals surface area contributed by atoms with Crippen LogP contribution < -0.4 is 0 Å². The molecule has 8 nitrogen and oxygen atoms in total. The fourth-order valence-corrected chi connectivity index (χ4v) is 3.65. The van der Waals surface area contributed by atoms with Crippen LogP contribution in [0.2, 0.25) is 0 Å². The van der Waals surface area contributed by atoms with E-state index in [-0.39, 0.29) is 5.57 Å². The minimum absolute atomic E-state index is 0.254. The van der Waals surface area contributed by atoms with E-state index in [0.717, 1.165) is 0 Å². The smallest absolute Gasteiger partial charge is 0.334 e. The summed E-state index contributed by atoms with van der Waals surface area (Å²) in [7, 11) is 5.29. The van der Waals surface area contributed by atoms with E-state index in [1.165, 1.54) is 47.7 Å². The molecule has 138 valence electrons. The third-order valence-electron chi connectivity index (χ3n) is 4.83. The lowest BCUT2D eigenvalue weighted by molar-refractivity contribution is -0.257. The summed E-state index contributed by atoms with van der Waals surface area (Å²) in [6.07, 6.45) is 4.54. The van der Waals surface area contributed by atoms with E-state index in [1.807, 2.05) is 0 Å². The first-order valence-electron chi connectivity index (χ1n) is 7.68.